The van der Waals surface area contributed by atoms with E-state index < -0.39 is 17.4 Å². The average molecular weight is 220 g/mol. The zero-order valence-electron chi connectivity index (χ0n) is 8.86. The molecule has 0 heterocycles. The molecule has 0 atom stereocenters. The lowest BCUT2D eigenvalue weighted by Gasteiger charge is -2.18. The third-order valence-corrected chi connectivity index (χ3v) is 1.67. The Kier molecular flexibility index (Phi) is 5.88. The van der Waals surface area contributed by atoms with Gasteiger partial charge in [0.15, 0.2) is 0 Å². The molecular formula is C9H16O6. The lowest BCUT2D eigenvalue weighted by molar-refractivity contribution is -0.154. The van der Waals surface area contributed by atoms with Gasteiger partial charge in [-0.2, -0.15) is 0 Å². The summed E-state index contributed by atoms with van der Waals surface area (Å²) in [6.45, 7) is 3.06. The second-order valence-corrected chi connectivity index (χ2v) is 3.71. The fourth-order valence-corrected chi connectivity index (χ4v) is 0.636. The molecule has 0 aliphatic carbocycles. The van der Waals surface area contributed by atoms with Crippen LogP contribution in [0.5, 0.6) is 0 Å². The standard InChI is InChI=1S/C9H16O6/c1-9(2,8(12)13)5-15-6-14-4-3-7(10)11/h3-6H2,1-2H3,(H,10,11)(H,12,13). The first-order valence-electron chi connectivity index (χ1n) is 4.47. The minimum absolute atomic E-state index is 0.0232. The van der Waals surface area contributed by atoms with Crippen molar-refractivity contribution < 1.29 is 29.3 Å². The highest BCUT2D eigenvalue weighted by Crippen LogP contribution is 2.14. The van der Waals surface area contributed by atoms with Crippen LogP contribution in [0.4, 0.5) is 0 Å². The van der Waals surface area contributed by atoms with Gasteiger partial charge in [0.2, 0.25) is 0 Å². The molecule has 0 unspecified atom stereocenters. The zero-order chi connectivity index (χ0) is 11.9. The van der Waals surface area contributed by atoms with Crippen molar-refractivity contribution in [3.05, 3.63) is 0 Å². The topological polar surface area (TPSA) is 93.1 Å². The van der Waals surface area contributed by atoms with Crippen molar-refractivity contribution in [3.63, 3.8) is 0 Å². The normalized spacial score (nSPS) is 11.3. The summed E-state index contributed by atoms with van der Waals surface area (Å²) in [5.74, 6) is -1.89. The van der Waals surface area contributed by atoms with Crippen LogP contribution in [0.3, 0.4) is 0 Å². The number of carbonyl (C=O) groups is 2. The molecule has 6 nitrogen and oxygen atoms in total. The maximum atomic E-state index is 10.6. The molecule has 0 rings (SSSR count). The van der Waals surface area contributed by atoms with Crippen LogP contribution >= 0.6 is 0 Å². The lowest BCUT2D eigenvalue weighted by atomic mass is 9.95. The van der Waals surface area contributed by atoms with Crippen LogP contribution < -0.4 is 0 Å². The lowest BCUT2D eigenvalue weighted by Crippen LogP contribution is -2.29. The molecule has 0 radical (unpaired) electrons. The molecular weight excluding hydrogens is 204 g/mol. The number of carboxylic acid groups (broad SMARTS) is 2. The third-order valence-electron chi connectivity index (χ3n) is 1.67. The summed E-state index contributed by atoms with van der Waals surface area (Å²) in [5, 5.41) is 17.0. The molecule has 0 spiro atoms. The van der Waals surface area contributed by atoms with Gasteiger partial charge in [-0.3, -0.25) is 9.59 Å². The van der Waals surface area contributed by atoms with Crippen molar-refractivity contribution >= 4 is 11.9 Å². The van der Waals surface area contributed by atoms with Gasteiger partial charge in [-0.15, -0.1) is 0 Å². The first kappa shape index (κ1) is 13.9. The molecule has 0 aliphatic rings. The molecule has 0 amide bonds. The Bertz CT molecular complexity index is 223. The summed E-state index contributed by atoms with van der Waals surface area (Å²) in [5.41, 5.74) is -0.962. The van der Waals surface area contributed by atoms with Crippen molar-refractivity contribution in [2.45, 2.75) is 20.3 Å². The van der Waals surface area contributed by atoms with Gasteiger partial charge in [0.25, 0.3) is 0 Å². The minimum Gasteiger partial charge on any atom is -0.481 e. The van der Waals surface area contributed by atoms with Crippen LogP contribution in [0.2, 0.25) is 0 Å². The fourth-order valence-electron chi connectivity index (χ4n) is 0.636. The van der Waals surface area contributed by atoms with Crippen molar-refractivity contribution in [2.75, 3.05) is 20.0 Å². The largest absolute Gasteiger partial charge is 0.481 e. The highest BCUT2D eigenvalue weighted by Gasteiger charge is 2.27. The zero-order valence-corrected chi connectivity index (χ0v) is 8.86. The summed E-state index contributed by atoms with van der Waals surface area (Å²) in [7, 11) is 0. The Balaban J connectivity index is 3.46. The molecule has 0 aliphatic heterocycles. The highest BCUT2D eigenvalue weighted by atomic mass is 16.7. The van der Waals surface area contributed by atoms with Gasteiger partial charge in [0, 0.05) is 0 Å². The van der Waals surface area contributed by atoms with E-state index in [4.69, 9.17) is 19.7 Å². The van der Waals surface area contributed by atoms with E-state index in [1.807, 2.05) is 0 Å². The summed E-state index contributed by atoms with van der Waals surface area (Å²) in [4.78, 5) is 20.7. The fraction of sp³-hybridized carbons (Fsp3) is 0.778. The Hall–Kier alpha value is -1.14. The molecule has 15 heavy (non-hydrogen) atoms. The second kappa shape index (κ2) is 6.36. The van der Waals surface area contributed by atoms with E-state index in [0.29, 0.717) is 0 Å². The highest BCUT2D eigenvalue weighted by molar-refractivity contribution is 5.73. The molecule has 0 fully saturated rings. The van der Waals surface area contributed by atoms with Crippen LogP contribution in [-0.4, -0.2) is 42.2 Å². The van der Waals surface area contributed by atoms with Crippen molar-refractivity contribution in [3.8, 4) is 0 Å². The minimum atomic E-state index is -0.962. The molecule has 0 aromatic rings. The molecule has 2 N–H and O–H groups in total. The number of hydrogen-bond donors (Lipinski definition) is 2. The van der Waals surface area contributed by atoms with E-state index >= 15 is 0 Å². The number of hydrogen-bond acceptors (Lipinski definition) is 4. The van der Waals surface area contributed by atoms with E-state index in [0.717, 1.165) is 0 Å². The third kappa shape index (κ3) is 6.87. The molecule has 88 valence electrons. The maximum absolute atomic E-state index is 10.6. The number of aliphatic carboxylic acids is 2. The molecule has 0 bridgehead atoms. The monoisotopic (exact) mass is 220 g/mol. The van der Waals surface area contributed by atoms with Gasteiger partial charge in [0.1, 0.15) is 6.79 Å². The van der Waals surface area contributed by atoms with Gasteiger partial charge in [-0.1, -0.05) is 0 Å². The van der Waals surface area contributed by atoms with E-state index in [1.54, 1.807) is 0 Å². The van der Waals surface area contributed by atoms with Crippen LogP contribution in [0.1, 0.15) is 20.3 Å². The Morgan fingerprint density at radius 3 is 2.27 bits per heavy atom. The molecule has 0 aromatic heterocycles. The van der Waals surface area contributed by atoms with E-state index in [-0.39, 0.29) is 26.4 Å². The molecule has 6 heteroatoms. The van der Waals surface area contributed by atoms with Gasteiger partial charge >= 0.3 is 11.9 Å². The summed E-state index contributed by atoms with van der Waals surface area (Å²) in [6.07, 6.45) is -0.0916. The van der Waals surface area contributed by atoms with E-state index in [1.165, 1.54) is 13.8 Å². The average Bonchev–Trinajstić information content (AvgIpc) is 2.10. The Morgan fingerprint density at radius 1 is 1.20 bits per heavy atom. The predicted molar refractivity (Wildman–Crippen MR) is 50.4 cm³/mol. The maximum Gasteiger partial charge on any atom is 0.311 e. The molecule has 0 aromatic carbocycles. The van der Waals surface area contributed by atoms with Crippen LogP contribution in [0, 0.1) is 5.41 Å². The predicted octanol–water partition coefficient (Wildman–Crippen LogP) is 0.563. The molecule has 0 saturated carbocycles. The van der Waals surface area contributed by atoms with Crippen molar-refractivity contribution in [2.24, 2.45) is 5.41 Å². The number of rotatable bonds is 8. The smallest absolute Gasteiger partial charge is 0.311 e. The molecule has 0 saturated heterocycles. The van der Waals surface area contributed by atoms with E-state index in [2.05, 4.69) is 0 Å². The van der Waals surface area contributed by atoms with Crippen LogP contribution in [0.15, 0.2) is 0 Å². The Labute approximate surface area is 87.8 Å². The van der Waals surface area contributed by atoms with E-state index in [9.17, 15) is 9.59 Å². The van der Waals surface area contributed by atoms with Crippen LogP contribution in [0.25, 0.3) is 0 Å². The first-order chi connectivity index (χ1) is 6.86. The second-order valence-electron chi connectivity index (χ2n) is 3.71. The van der Waals surface area contributed by atoms with Crippen molar-refractivity contribution in [1.29, 1.82) is 0 Å². The quantitative estimate of drug-likeness (QED) is 0.458. The SMILES string of the molecule is CC(C)(COCOCCC(=O)O)C(=O)O. The van der Waals surface area contributed by atoms with Gasteiger partial charge in [0.05, 0.1) is 25.0 Å². The number of carboxylic acids is 2. The van der Waals surface area contributed by atoms with Crippen LogP contribution in [-0.2, 0) is 19.1 Å². The summed E-state index contributed by atoms with van der Waals surface area (Å²) < 4.78 is 9.77. The summed E-state index contributed by atoms with van der Waals surface area (Å²) in [6, 6.07) is 0. The Morgan fingerprint density at radius 2 is 1.80 bits per heavy atom. The van der Waals surface area contributed by atoms with Gasteiger partial charge < -0.3 is 19.7 Å². The van der Waals surface area contributed by atoms with Gasteiger partial charge in [-0.25, -0.2) is 0 Å². The summed E-state index contributed by atoms with van der Waals surface area (Å²) >= 11 is 0. The first-order valence-corrected chi connectivity index (χ1v) is 4.47. The van der Waals surface area contributed by atoms with Crippen molar-refractivity contribution in [1.82, 2.24) is 0 Å². The van der Waals surface area contributed by atoms with Gasteiger partial charge in [-0.05, 0) is 13.8 Å². The number of ether oxygens (including phenoxy) is 2.